The van der Waals surface area contributed by atoms with Gasteiger partial charge in [0.2, 0.25) is 0 Å². The quantitative estimate of drug-likeness (QED) is 0.486. The number of nitrogens with one attached hydrogen (secondary N) is 3. The first-order chi connectivity index (χ1) is 17.5. The molecule has 3 N–H and O–H groups in total. The number of carbonyl (C=O) groups excluding carboxylic acids is 3. The number of amidine groups is 1. The first-order valence-electron chi connectivity index (χ1n) is 11.8. The van der Waals surface area contributed by atoms with Crippen molar-refractivity contribution in [1.29, 1.82) is 0 Å². The zero-order chi connectivity index (χ0) is 25.5. The number of fused-ring (bicyclic) bond motifs is 1. The van der Waals surface area contributed by atoms with Gasteiger partial charge in [0, 0.05) is 23.7 Å². The Morgan fingerprint density at radius 3 is 2.50 bits per heavy atom. The summed E-state index contributed by atoms with van der Waals surface area (Å²) < 4.78 is 4.81. The number of hydrogen-bond donors (Lipinski definition) is 3. The molecule has 2 heterocycles. The average molecular weight is 508 g/mol. The normalized spacial score (nSPS) is 17.0. The van der Waals surface area contributed by atoms with Crippen LogP contribution in [0.3, 0.4) is 0 Å². The predicted molar refractivity (Wildman–Crippen MR) is 142 cm³/mol. The van der Waals surface area contributed by atoms with Crippen LogP contribution in [0.4, 0.5) is 16.2 Å². The fraction of sp³-hybridized carbons (Fsp3) is 0.308. The molecule has 9 nitrogen and oxygen atoms in total. The zero-order valence-corrected chi connectivity index (χ0v) is 21.1. The van der Waals surface area contributed by atoms with Crippen molar-refractivity contribution in [2.24, 2.45) is 4.99 Å². The summed E-state index contributed by atoms with van der Waals surface area (Å²) in [5.74, 6) is 0.299. The monoisotopic (exact) mass is 507 g/mol. The molecule has 2 aliphatic heterocycles. The van der Waals surface area contributed by atoms with E-state index in [0.29, 0.717) is 17.0 Å². The third-order valence-corrected chi connectivity index (χ3v) is 6.79. The van der Waals surface area contributed by atoms with Crippen LogP contribution in [0.5, 0.6) is 0 Å². The van der Waals surface area contributed by atoms with E-state index < -0.39 is 12.0 Å². The number of rotatable bonds is 7. The van der Waals surface area contributed by atoms with Crippen LogP contribution in [-0.2, 0) is 14.3 Å². The maximum Gasteiger partial charge on any atom is 0.325 e. The van der Waals surface area contributed by atoms with Gasteiger partial charge in [-0.3, -0.25) is 9.59 Å². The lowest BCUT2D eigenvalue weighted by Gasteiger charge is -2.40. The highest BCUT2D eigenvalue weighted by molar-refractivity contribution is 8.13. The number of hydrogen-bond acceptors (Lipinski definition) is 7. The Morgan fingerprint density at radius 2 is 1.78 bits per heavy atom. The van der Waals surface area contributed by atoms with E-state index in [-0.39, 0.29) is 25.1 Å². The Hall–Kier alpha value is -3.79. The molecule has 10 heteroatoms. The van der Waals surface area contributed by atoms with Crippen molar-refractivity contribution in [2.45, 2.75) is 26.3 Å². The molecule has 4 rings (SSSR count). The molecule has 188 valence electrons. The van der Waals surface area contributed by atoms with Crippen molar-refractivity contribution in [3.63, 3.8) is 0 Å². The van der Waals surface area contributed by atoms with E-state index in [4.69, 9.17) is 9.73 Å². The summed E-state index contributed by atoms with van der Waals surface area (Å²) in [5, 5.41) is 9.10. The lowest BCUT2D eigenvalue weighted by Crippen LogP contribution is -2.43. The van der Waals surface area contributed by atoms with Crippen molar-refractivity contribution in [2.75, 3.05) is 36.1 Å². The highest BCUT2D eigenvalue weighted by Crippen LogP contribution is 2.40. The van der Waals surface area contributed by atoms with Gasteiger partial charge in [0.1, 0.15) is 6.54 Å². The Morgan fingerprint density at radius 1 is 1.06 bits per heavy atom. The second-order valence-electron chi connectivity index (χ2n) is 8.25. The molecule has 0 spiro atoms. The van der Waals surface area contributed by atoms with Crippen LogP contribution in [0, 0.1) is 0 Å². The molecule has 0 bridgehead atoms. The number of aliphatic imine (C=N–C) groups is 1. The second kappa shape index (κ2) is 11.8. The third kappa shape index (κ3) is 6.06. The SMILES string of the molecule is CCOC(=O)CNC(=O)Nc1ccc(C2C(C(=O)Nc3ccccc3)=C(C)N=C3SCCCN32)cc1. The molecule has 1 unspecified atom stereocenters. The number of allylic oxidation sites excluding steroid dienone is 1. The minimum atomic E-state index is -0.506. The maximum absolute atomic E-state index is 13.4. The third-order valence-electron chi connectivity index (χ3n) is 5.72. The van der Waals surface area contributed by atoms with Gasteiger partial charge in [0.25, 0.3) is 5.91 Å². The van der Waals surface area contributed by atoms with Gasteiger partial charge in [-0.05, 0) is 50.1 Å². The molecule has 0 aromatic heterocycles. The molecule has 0 radical (unpaired) electrons. The van der Waals surface area contributed by atoms with E-state index >= 15 is 0 Å². The van der Waals surface area contributed by atoms with E-state index in [2.05, 4.69) is 20.9 Å². The molecule has 1 saturated heterocycles. The lowest BCUT2D eigenvalue weighted by molar-refractivity contribution is -0.141. The minimum Gasteiger partial charge on any atom is -0.465 e. The van der Waals surface area contributed by atoms with E-state index in [1.165, 1.54) is 0 Å². The van der Waals surface area contributed by atoms with Crippen molar-refractivity contribution in [1.82, 2.24) is 10.2 Å². The molecular weight excluding hydrogens is 478 g/mol. The number of thioether (sulfide) groups is 1. The molecule has 3 amide bonds. The van der Waals surface area contributed by atoms with Crippen LogP contribution in [0.2, 0.25) is 0 Å². The zero-order valence-electron chi connectivity index (χ0n) is 20.2. The number of carbonyl (C=O) groups is 3. The standard InChI is InChI=1S/C26H29N5O4S/c1-3-35-21(32)16-27-25(34)30-20-12-10-18(11-13-20)23-22(24(33)29-19-8-5-4-6-9-19)17(2)28-26-31(23)14-7-15-36-26/h4-6,8-13,23H,3,7,14-16H2,1-2H3,(H,29,33)(H2,27,30,34). The van der Waals surface area contributed by atoms with Gasteiger partial charge in [-0.1, -0.05) is 42.1 Å². The van der Waals surface area contributed by atoms with Crippen LogP contribution in [0.15, 0.2) is 70.9 Å². The van der Waals surface area contributed by atoms with Gasteiger partial charge in [-0.25, -0.2) is 9.79 Å². The van der Waals surface area contributed by atoms with Crippen LogP contribution < -0.4 is 16.0 Å². The van der Waals surface area contributed by atoms with Gasteiger partial charge < -0.3 is 25.6 Å². The lowest BCUT2D eigenvalue weighted by atomic mass is 9.93. The number of para-hydroxylation sites is 1. The van der Waals surface area contributed by atoms with Crippen molar-refractivity contribution >= 4 is 46.2 Å². The van der Waals surface area contributed by atoms with Gasteiger partial charge in [0.15, 0.2) is 5.17 Å². The Labute approximate surface area is 214 Å². The summed E-state index contributed by atoms with van der Waals surface area (Å²) in [4.78, 5) is 44.0. The Balaban J connectivity index is 1.54. The molecule has 2 aromatic carbocycles. The van der Waals surface area contributed by atoms with E-state index in [0.717, 1.165) is 35.1 Å². The molecule has 36 heavy (non-hydrogen) atoms. The maximum atomic E-state index is 13.4. The summed E-state index contributed by atoms with van der Waals surface area (Å²) in [6.07, 6.45) is 0.993. The highest BCUT2D eigenvalue weighted by Gasteiger charge is 2.37. The average Bonchev–Trinajstić information content (AvgIpc) is 2.88. The van der Waals surface area contributed by atoms with Gasteiger partial charge >= 0.3 is 12.0 Å². The van der Waals surface area contributed by atoms with E-state index in [9.17, 15) is 14.4 Å². The number of anilines is 2. The minimum absolute atomic E-state index is 0.192. The topological polar surface area (TPSA) is 112 Å². The number of amides is 3. The molecule has 2 aliphatic rings. The largest absolute Gasteiger partial charge is 0.465 e. The van der Waals surface area contributed by atoms with Crippen LogP contribution in [-0.4, -0.2) is 53.4 Å². The molecule has 1 atom stereocenters. The summed E-state index contributed by atoms with van der Waals surface area (Å²) in [6.45, 7) is 4.42. The van der Waals surface area contributed by atoms with Crippen LogP contribution in [0.25, 0.3) is 0 Å². The molecule has 0 saturated carbocycles. The summed E-state index contributed by atoms with van der Waals surface area (Å²) in [7, 11) is 0. The van der Waals surface area contributed by atoms with Crippen molar-refractivity contribution in [3.05, 3.63) is 71.4 Å². The Kier molecular flexibility index (Phi) is 8.27. The predicted octanol–water partition coefficient (Wildman–Crippen LogP) is 4.13. The number of ether oxygens (including phenoxy) is 1. The highest BCUT2D eigenvalue weighted by atomic mass is 32.2. The van der Waals surface area contributed by atoms with Crippen LogP contribution in [0.1, 0.15) is 31.9 Å². The molecule has 1 fully saturated rings. The Bertz CT molecular complexity index is 1180. The number of benzene rings is 2. The first-order valence-corrected chi connectivity index (χ1v) is 12.8. The first kappa shape index (κ1) is 25.3. The van der Waals surface area contributed by atoms with Crippen molar-refractivity contribution < 1.29 is 19.1 Å². The van der Waals surface area contributed by atoms with Gasteiger partial charge in [-0.15, -0.1) is 0 Å². The molecule has 2 aromatic rings. The number of urea groups is 1. The second-order valence-corrected chi connectivity index (χ2v) is 9.31. The fourth-order valence-corrected chi connectivity index (χ4v) is 5.13. The van der Waals surface area contributed by atoms with Crippen molar-refractivity contribution in [3.8, 4) is 0 Å². The summed E-state index contributed by atoms with van der Waals surface area (Å²) in [6, 6.07) is 15.9. The van der Waals surface area contributed by atoms with E-state index in [1.54, 1.807) is 30.8 Å². The van der Waals surface area contributed by atoms with Crippen LogP contribution >= 0.6 is 11.8 Å². The fourth-order valence-electron chi connectivity index (χ4n) is 4.11. The van der Waals surface area contributed by atoms with Gasteiger partial charge in [-0.2, -0.15) is 0 Å². The summed E-state index contributed by atoms with van der Waals surface area (Å²) >= 11 is 1.70. The molecular formula is C26H29N5O4S. The smallest absolute Gasteiger partial charge is 0.325 e. The van der Waals surface area contributed by atoms with Gasteiger partial charge in [0.05, 0.1) is 23.9 Å². The number of nitrogens with zero attached hydrogens (tertiary/aromatic N) is 2. The summed E-state index contributed by atoms with van der Waals surface area (Å²) in [5.41, 5.74) is 3.49. The van der Waals surface area contributed by atoms with E-state index in [1.807, 2.05) is 49.4 Å². The molecule has 0 aliphatic carbocycles. The number of esters is 1.